The summed E-state index contributed by atoms with van der Waals surface area (Å²) in [6, 6.07) is 4.36. The van der Waals surface area contributed by atoms with E-state index in [9.17, 15) is 9.59 Å². The number of halogens is 2. The topological polar surface area (TPSA) is 55.8 Å². The molecule has 0 N–H and O–H groups in total. The molecule has 132 valence electrons. The molecule has 1 saturated heterocycles. The van der Waals surface area contributed by atoms with E-state index < -0.39 is 23.7 Å². The lowest BCUT2D eigenvalue weighted by Crippen LogP contribution is -2.44. The predicted molar refractivity (Wildman–Crippen MR) is 92.2 cm³/mol. The number of carbonyl (C=O) groups excluding carboxylic acids is 2. The Bertz CT molecular complexity index is 628. The molecule has 1 aliphatic rings. The summed E-state index contributed by atoms with van der Waals surface area (Å²) in [5.74, 6) is -0.454. The van der Waals surface area contributed by atoms with Crippen molar-refractivity contribution in [2.75, 3.05) is 6.54 Å². The third-order valence-corrected chi connectivity index (χ3v) is 4.12. The van der Waals surface area contributed by atoms with Gasteiger partial charge in [0.2, 0.25) is 0 Å². The Balaban J connectivity index is 1.96. The highest BCUT2D eigenvalue weighted by Gasteiger charge is 2.37. The monoisotopic (exact) mass is 373 g/mol. The minimum absolute atomic E-state index is 0.0352. The molecule has 0 aliphatic carbocycles. The number of ether oxygens (including phenoxy) is 2. The lowest BCUT2D eigenvalue weighted by molar-refractivity contribution is -0.150. The Morgan fingerprint density at radius 3 is 2.62 bits per heavy atom. The molecule has 0 spiro atoms. The number of rotatable bonds is 3. The fraction of sp³-hybridized carbons (Fsp3) is 0.529. The van der Waals surface area contributed by atoms with Gasteiger partial charge in [-0.25, -0.2) is 9.59 Å². The molecule has 0 aromatic heterocycles. The zero-order chi connectivity index (χ0) is 17.9. The van der Waals surface area contributed by atoms with E-state index in [1.807, 2.05) is 0 Å². The average molecular weight is 374 g/mol. The molecule has 1 heterocycles. The fourth-order valence-electron chi connectivity index (χ4n) is 2.43. The predicted octanol–water partition coefficient (Wildman–Crippen LogP) is 4.44. The van der Waals surface area contributed by atoms with Crippen LogP contribution in [0.25, 0.3) is 0 Å². The molecular weight excluding hydrogens is 353 g/mol. The Morgan fingerprint density at radius 1 is 1.29 bits per heavy atom. The molecule has 0 radical (unpaired) electrons. The van der Waals surface area contributed by atoms with E-state index >= 15 is 0 Å². The maximum atomic E-state index is 12.3. The average Bonchev–Trinajstić information content (AvgIpc) is 2.93. The number of carbonyl (C=O) groups is 2. The molecule has 1 atom stereocenters. The number of hydrogen-bond donors (Lipinski definition) is 0. The molecule has 2 rings (SSSR count). The van der Waals surface area contributed by atoms with Crippen molar-refractivity contribution in [2.45, 2.75) is 51.9 Å². The number of hydrogen-bond acceptors (Lipinski definition) is 4. The molecular formula is C17H21Cl2NO4. The van der Waals surface area contributed by atoms with Crippen molar-refractivity contribution in [3.8, 4) is 0 Å². The molecule has 24 heavy (non-hydrogen) atoms. The second kappa shape index (κ2) is 7.62. The van der Waals surface area contributed by atoms with Crippen LogP contribution in [0.2, 0.25) is 10.0 Å². The zero-order valence-electron chi connectivity index (χ0n) is 14.0. The van der Waals surface area contributed by atoms with E-state index in [-0.39, 0.29) is 6.61 Å². The highest BCUT2D eigenvalue weighted by molar-refractivity contribution is 6.35. The van der Waals surface area contributed by atoms with Crippen molar-refractivity contribution >= 4 is 35.3 Å². The molecule has 0 saturated carbocycles. The lowest BCUT2D eigenvalue weighted by atomic mass is 10.2. The smallest absolute Gasteiger partial charge is 0.411 e. The number of nitrogens with zero attached hydrogens (tertiary/aromatic N) is 1. The number of esters is 1. The van der Waals surface area contributed by atoms with Gasteiger partial charge in [0.15, 0.2) is 0 Å². The first-order valence-corrected chi connectivity index (χ1v) is 8.53. The van der Waals surface area contributed by atoms with Gasteiger partial charge >= 0.3 is 12.1 Å². The van der Waals surface area contributed by atoms with Gasteiger partial charge in [0.1, 0.15) is 18.2 Å². The van der Waals surface area contributed by atoms with Gasteiger partial charge in [-0.05, 0) is 45.7 Å². The molecule has 1 aromatic carbocycles. The van der Waals surface area contributed by atoms with Crippen molar-refractivity contribution in [1.29, 1.82) is 0 Å². The zero-order valence-corrected chi connectivity index (χ0v) is 15.5. The van der Waals surface area contributed by atoms with E-state index in [4.69, 9.17) is 32.7 Å². The van der Waals surface area contributed by atoms with Crippen LogP contribution in [0.5, 0.6) is 0 Å². The van der Waals surface area contributed by atoms with Crippen LogP contribution in [0.3, 0.4) is 0 Å². The minimum atomic E-state index is -0.620. The van der Waals surface area contributed by atoms with Crippen LogP contribution >= 0.6 is 23.2 Å². The van der Waals surface area contributed by atoms with Crippen molar-refractivity contribution in [3.63, 3.8) is 0 Å². The van der Waals surface area contributed by atoms with Gasteiger partial charge in [0.25, 0.3) is 0 Å². The van der Waals surface area contributed by atoms with E-state index in [0.717, 1.165) is 6.42 Å². The first-order valence-electron chi connectivity index (χ1n) is 7.77. The number of benzene rings is 1. The minimum Gasteiger partial charge on any atom is -0.459 e. The Labute approximate surface area is 151 Å². The van der Waals surface area contributed by atoms with Gasteiger partial charge in [-0.2, -0.15) is 0 Å². The van der Waals surface area contributed by atoms with Crippen molar-refractivity contribution in [1.82, 2.24) is 4.90 Å². The normalized spacial score (nSPS) is 17.7. The van der Waals surface area contributed by atoms with Crippen LogP contribution in [0.1, 0.15) is 39.2 Å². The summed E-state index contributed by atoms with van der Waals surface area (Å²) in [5.41, 5.74) is 0.0570. The summed E-state index contributed by atoms with van der Waals surface area (Å²) < 4.78 is 10.7. The van der Waals surface area contributed by atoms with Gasteiger partial charge in [0.05, 0.1) is 0 Å². The van der Waals surface area contributed by atoms with Crippen LogP contribution in [0.15, 0.2) is 18.2 Å². The molecule has 7 heteroatoms. The van der Waals surface area contributed by atoms with E-state index in [1.54, 1.807) is 39.0 Å². The first kappa shape index (κ1) is 18.9. The van der Waals surface area contributed by atoms with Crippen LogP contribution in [-0.2, 0) is 20.9 Å². The van der Waals surface area contributed by atoms with E-state index in [1.165, 1.54) is 4.90 Å². The SMILES string of the molecule is CC(C)(C)OC(=O)N1CCC[C@@H]1C(=O)OCc1ccc(Cl)cc1Cl. The summed E-state index contributed by atoms with van der Waals surface area (Å²) >= 11 is 11.9. The molecule has 5 nitrogen and oxygen atoms in total. The maximum absolute atomic E-state index is 12.3. The molecule has 1 aromatic rings. The summed E-state index contributed by atoms with van der Waals surface area (Å²) in [6.07, 6.45) is 0.805. The summed E-state index contributed by atoms with van der Waals surface area (Å²) in [6.45, 7) is 5.88. The van der Waals surface area contributed by atoms with Crippen molar-refractivity contribution in [2.24, 2.45) is 0 Å². The van der Waals surface area contributed by atoms with E-state index in [0.29, 0.717) is 28.6 Å². The number of amides is 1. The van der Waals surface area contributed by atoms with E-state index in [2.05, 4.69) is 0 Å². The van der Waals surface area contributed by atoms with Crippen molar-refractivity contribution < 1.29 is 19.1 Å². The highest BCUT2D eigenvalue weighted by Crippen LogP contribution is 2.24. The Hall–Kier alpha value is -1.46. The van der Waals surface area contributed by atoms with Crippen molar-refractivity contribution in [3.05, 3.63) is 33.8 Å². The molecule has 0 bridgehead atoms. The molecule has 1 amide bonds. The van der Waals surface area contributed by atoms with Crippen LogP contribution in [0.4, 0.5) is 4.79 Å². The first-order chi connectivity index (χ1) is 11.2. The molecule has 1 fully saturated rings. The van der Waals surface area contributed by atoms with Gasteiger partial charge in [-0.15, -0.1) is 0 Å². The van der Waals surface area contributed by atoms with Gasteiger partial charge in [0, 0.05) is 22.2 Å². The Kier molecular flexibility index (Phi) is 5.99. The van der Waals surface area contributed by atoms with Crippen LogP contribution in [-0.4, -0.2) is 35.2 Å². The Morgan fingerprint density at radius 2 is 2.00 bits per heavy atom. The summed E-state index contributed by atoms with van der Waals surface area (Å²) in [4.78, 5) is 26.0. The fourth-order valence-corrected chi connectivity index (χ4v) is 2.90. The largest absolute Gasteiger partial charge is 0.459 e. The maximum Gasteiger partial charge on any atom is 0.411 e. The standard InChI is InChI=1S/C17H21Cl2NO4/c1-17(2,3)24-16(22)20-8-4-5-14(20)15(21)23-10-11-6-7-12(18)9-13(11)19/h6-7,9,14H,4-5,8,10H2,1-3H3/t14-/m1/s1. The lowest BCUT2D eigenvalue weighted by Gasteiger charge is -2.27. The van der Waals surface area contributed by atoms with Crippen LogP contribution < -0.4 is 0 Å². The third kappa shape index (κ3) is 5.02. The second-order valence-corrected chi connectivity index (χ2v) is 7.52. The second-order valence-electron chi connectivity index (χ2n) is 6.68. The number of likely N-dealkylation sites (tertiary alicyclic amines) is 1. The van der Waals surface area contributed by atoms with Gasteiger partial charge in [-0.3, -0.25) is 4.90 Å². The summed E-state index contributed by atoms with van der Waals surface area (Å²) in [5, 5.41) is 0.952. The molecule has 0 unspecified atom stereocenters. The third-order valence-electron chi connectivity index (χ3n) is 3.54. The van der Waals surface area contributed by atoms with Gasteiger partial charge in [-0.1, -0.05) is 29.3 Å². The quantitative estimate of drug-likeness (QED) is 0.735. The highest BCUT2D eigenvalue weighted by atomic mass is 35.5. The van der Waals surface area contributed by atoms with Gasteiger partial charge < -0.3 is 9.47 Å². The molecule has 1 aliphatic heterocycles. The van der Waals surface area contributed by atoms with Crippen LogP contribution in [0, 0.1) is 0 Å². The summed E-state index contributed by atoms with van der Waals surface area (Å²) in [7, 11) is 0.